The van der Waals surface area contributed by atoms with Crippen LogP contribution in [0.4, 0.5) is 0 Å². The molecule has 0 radical (unpaired) electrons. The number of aliphatic hydroxyl groups is 1. The van der Waals surface area contributed by atoms with Crippen molar-refractivity contribution >= 4 is 0 Å². The normalized spacial score (nSPS) is 15.9. The summed E-state index contributed by atoms with van der Waals surface area (Å²) in [4.78, 5) is 0. The van der Waals surface area contributed by atoms with Gasteiger partial charge in [-0.3, -0.25) is 0 Å². The van der Waals surface area contributed by atoms with Crippen molar-refractivity contribution in [2.75, 3.05) is 0 Å². The molecular weight excluding hydrogens is 232 g/mol. The first-order valence-corrected chi connectivity index (χ1v) is 7.11. The van der Waals surface area contributed by atoms with E-state index in [2.05, 4.69) is 42.5 Å². The van der Waals surface area contributed by atoms with Crippen molar-refractivity contribution in [3.63, 3.8) is 0 Å². The summed E-state index contributed by atoms with van der Waals surface area (Å²) in [6.45, 7) is 1.86. The van der Waals surface area contributed by atoms with Gasteiger partial charge in [0, 0.05) is 0 Å². The predicted octanol–water partition coefficient (Wildman–Crippen LogP) is 3.62. The van der Waals surface area contributed by atoms with Crippen LogP contribution in [0.15, 0.2) is 42.5 Å². The van der Waals surface area contributed by atoms with Gasteiger partial charge in [0.1, 0.15) is 0 Å². The second-order valence-corrected chi connectivity index (χ2v) is 5.43. The van der Waals surface area contributed by atoms with E-state index in [1.165, 1.54) is 22.3 Å². The Hall–Kier alpha value is -1.60. The first-order valence-electron chi connectivity index (χ1n) is 7.11. The minimum absolute atomic E-state index is 0.371. The number of aliphatic hydroxyl groups excluding tert-OH is 1. The zero-order chi connectivity index (χ0) is 13.2. The Kier molecular flexibility index (Phi) is 3.39. The van der Waals surface area contributed by atoms with Crippen molar-refractivity contribution in [2.45, 2.75) is 38.7 Å². The first-order chi connectivity index (χ1) is 9.25. The van der Waals surface area contributed by atoms with Crippen molar-refractivity contribution < 1.29 is 5.11 Å². The third kappa shape index (κ3) is 2.43. The average molecular weight is 252 g/mol. The molecule has 0 heterocycles. The summed E-state index contributed by atoms with van der Waals surface area (Å²) in [5, 5.41) is 9.94. The Balaban J connectivity index is 2.00. The van der Waals surface area contributed by atoms with Gasteiger partial charge >= 0.3 is 0 Å². The van der Waals surface area contributed by atoms with Crippen molar-refractivity contribution in [1.29, 1.82) is 0 Å². The molecule has 1 atom stereocenters. The van der Waals surface area contributed by atoms with Gasteiger partial charge in [0.25, 0.3) is 0 Å². The molecule has 1 N–H and O–H groups in total. The van der Waals surface area contributed by atoms with Crippen LogP contribution in [0.5, 0.6) is 0 Å². The number of rotatable bonds is 1. The summed E-state index contributed by atoms with van der Waals surface area (Å²) in [6, 6.07) is 15.1. The Morgan fingerprint density at radius 3 is 2.05 bits per heavy atom. The summed E-state index contributed by atoms with van der Waals surface area (Å²) >= 11 is 0. The topological polar surface area (TPSA) is 20.2 Å². The maximum absolute atomic E-state index is 9.94. The first kappa shape index (κ1) is 12.4. The summed E-state index contributed by atoms with van der Waals surface area (Å²) in [5.41, 5.74) is 6.83. The molecule has 98 valence electrons. The second-order valence-electron chi connectivity index (χ2n) is 5.43. The van der Waals surface area contributed by atoms with Gasteiger partial charge in [0.2, 0.25) is 0 Å². The molecule has 0 amide bonds. The zero-order valence-corrected chi connectivity index (χ0v) is 11.4. The number of hydrogen-bond acceptors (Lipinski definition) is 1. The van der Waals surface area contributed by atoms with E-state index in [0.29, 0.717) is 0 Å². The van der Waals surface area contributed by atoms with Gasteiger partial charge in [-0.2, -0.15) is 0 Å². The average Bonchev–Trinajstić information content (AvgIpc) is 2.40. The molecule has 1 aliphatic carbocycles. The van der Waals surface area contributed by atoms with Crippen molar-refractivity contribution in [3.8, 4) is 0 Å². The number of fused-ring (bicyclic) bond motifs is 2. The molecule has 3 rings (SSSR count). The van der Waals surface area contributed by atoms with Crippen LogP contribution in [-0.4, -0.2) is 5.11 Å². The van der Waals surface area contributed by atoms with Gasteiger partial charge in [0.15, 0.2) is 0 Å². The Morgan fingerprint density at radius 1 is 0.789 bits per heavy atom. The molecule has 2 aromatic carbocycles. The third-order valence-electron chi connectivity index (χ3n) is 4.19. The number of aryl methyl sites for hydroxylation is 3. The highest BCUT2D eigenvalue weighted by atomic mass is 16.3. The number of benzene rings is 2. The summed E-state index contributed by atoms with van der Waals surface area (Å²) in [5.74, 6) is 0. The van der Waals surface area contributed by atoms with Crippen LogP contribution < -0.4 is 0 Å². The van der Waals surface area contributed by atoms with E-state index < -0.39 is 0 Å². The van der Waals surface area contributed by atoms with E-state index in [-0.39, 0.29) is 6.10 Å². The molecule has 2 aromatic rings. The minimum Gasteiger partial charge on any atom is -0.389 e. The second kappa shape index (κ2) is 5.18. The van der Waals surface area contributed by atoms with E-state index in [1.807, 2.05) is 6.92 Å². The predicted molar refractivity (Wildman–Crippen MR) is 78.3 cm³/mol. The molecule has 0 bridgehead atoms. The van der Waals surface area contributed by atoms with Gasteiger partial charge in [-0.05, 0) is 60.4 Å². The fourth-order valence-electron chi connectivity index (χ4n) is 3.16. The Bertz CT molecular complexity index is 584. The highest BCUT2D eigenvalue weighted by Gasteiger charge is 2.15. The molecule has 0 aliphatic heterocycles. The van der Waals surface area contributed by atoms with Crippen LogP contribution in [-0.2, 0) is 25.7 Å². The maximum atomic E-state index is 9.94. The van der Waals surface area contributed by atoms with Crippen LogP contribution in [0, 0.1) is 0 Å². The van der Waals surface area contributed by atoms with Crippen LogP contribution in [0.1, 0.15) is 40.8 Å². The van der Waals surface area contributed by atoms with Crippen LogP contribution in [0.25, 0.3) is 0 Å². The van der Waals surface area contributed by atoms with Crippen molar-refractivity contribution in [1.82, 2.24) is 0 Å². The molecule has 1 aliphatic rings. The summed E-state index contributed by atoms with van der Waals surface area (Å²) in [7, 11) is 0. The lowest BCUT2D eigenvalue weighted by Crippen LogP contribution is -2.10. The maximum Gasteiger partial charge on any atom is 0.0764 e. The van der Waals surface area contributed by atoms with E-state index >= 15 is 0 Å². The highest BCUT2D eigenvalue weighted by molar-refractivity contribution is 5.40. The van der Waals surface area contributed by atoms with E-state index in [4.69, 9.17) is 0 Å². The molecule has 0 saturated carbocycles. The molecule has 19 heavy (non-hydrogen) atoms. The number of hydrogen-bond donors (Lipinski definition) is 1. The summed E-state index contributed by atoms with van der Waals surface area (Å²) in [6.07, 6.45) is 3.92. The lowest BCUT2D eigenvalue weighted by molar-refractivity contribution is 0.198. The third-order valence-corrected chi connectivity index (χ3v) is 4.19. The lowest BCUT2D eigenvalue weighted by Gasteiger charge is -2.20. The smallest absolute Gasteiger partial charge is 0.0764 e. The van der Waals surface area contributed by atoms with E-state index in [0.717, 1.165) is 31.2 Å². The molecule has 1 heteroatoms. The fraction of sp³-hybridized carbons (Fsp3) is 0.333. The molecule has 1 nitrogen and oxygen atoms in total. The quantitative estimate of drug-likeness (QED) is 0.822. The molecule has 0 fully saturated rings. The Labute approximate surface area is 114 Å². The SMILES string of the molecule is CC(O)c1cccc2c1CCc1ccccc1CC2. The molecule has 1 unspecified atom stereocenters. The molecule has 0 spiro atoms. The van der Waals surface area contributed by atoms with Crippen LogP contribution >= 0.6 is 0 Å². The summed E-state index contributed by atoms with van der Waals surface area (Å²) < 4.78 is 0. The van der Waals surface area contributed by atoms with Gasteiger partial charge < -0.3 is 5.11 Å². The molecule has 0 saturated heterocycles. The standard InChI is InChI=1S/C18H20O/c1-13(19)17-8-4-7-16-10-9-14-5-2-3-6-15(14)11-12-18(16)17/h2-8,13,19H,9-12H2,1H3. The van der Waals surface area contributed by atoms with Gasteiger partial charge in [-0.25, -0.2) is 0 Å². The Morgan fingerprint density at radius 2 is 1.37 bits per heavy atom. The lowest BCUT2D eigenvalue weighted by atomic mass is 9.86. The minimum atomic E-state index is -0.371. The largest absolute Gasteiger partial charge is 0.389 e. The zero-order valence-electron chi connectivity index (χ0n) is 11.4. The van der Waals surface area contributed by atoms with Crippen LogP contribution in [0.3, 0.4) is 0 Å². The van der Waals surface area contributed by atoms with Crippen molar-refractivity contribution in [2.24, 2.45) is 0 Å². The van der Waals surface area contributed by atoms with E-state index in [9.17, 15) is 5.11 Å². The van der Waals surface area contributed by atoms with Crippen LogP contribution in [0.2, 0.25) is 0 Å². The molecular formula is C18H20O. The van der Waals surface area contributed by atoms with Gasteiger partial charge in [-0.1, -0.05) is 42.5 Å². The van der Waals surface area contributed by atoms with E-state index in [1.54, 1.807) is 0 Å². The molecule has 0 aromatic heterocycles. The highest BCUT2D eigenvalue weighted by Crippen LogP contribution is 2.27. The van der Waals surface area contributed by atoms with Gasteiger partial charge in [0.05, 0.1) is 6.10 Å². The monoisotopic (exact) mass is 252 g/mol. The van der Waals surface area contributed by atoms with Crippen molar-refractivity contribution in [3.05, 3.63) is 70.3 Å². The fourth-order valence-corrected chi connectivity index (χ4v) is 3.16. The van der Waals surface area contributed by atoms with Gasteiger partial charge in [-0.15, -0.1) is 0 Å².